The lowest BCUT2D eigenvalue weighted by atomic mass is 10.2. The van der Waals surface area contributed by atoms with Gasteiger partial charge in [-0.3, -0.25) is 4.79 Å². The molecule has 0 radical (unpaired) electrons. The number of aromatic nitrogens is 2. The first kappa shape index (κ1) is 9.36. The van der Waals surface area contributed by atoms with E-state index in [4.69, 9.17) is 11.6 Å². The Kier molecular flexibility index (Phi) is 2.60. The second-order valence-corrected chi connectivity index (χ2v) is 3.42. The number of alkyl halides is 1. The van der Waals surface area contributed by atoms with Crippen molar-refractivity contribution in [1.82, 2.24) is 8.75 Å². The molecule has 0 bridgehead atoms. The quantitative estimate of drug-likeness (QED) is 0.797. The Hall–Kier alpha value is -1.20. The Balaban J connectivity index is 2.41. The maximum atomic E-state index is 11.1. The van der Waals surface area contributed by atoms with Crippen LogP contribution >= 0.6 is 23.3 Å². The average Bonchev–Trinajstić information content (AvgIpc) is 2.66. The van der Waals surface area contributed by atoms with Gasteiger partial charge in [0.15, 0.2) is 0 Å². The first-order valence-corrected chi connectivity index (χ1v) is 5.15. The molecule has 0 saturated carbocycles. The lowest BCUT2D eigenvalue weighted by molar-refractivity contribution is -0.113. The number of nitrogens with zero attached hydrogens (tertiary/aromatic N) is 2. The molecule has 4 nitrogen and oxygen atoms in total. The lowest BCUT2D eigenvalue weighted by Gasteiger charge is -2.01. The smallest absolute Gasteiger partial charge is 0.239 e. The van der Waals surface area contributed by atoms with E-state index in [1.165, 1.54) is 0 Å². The van der Waals surface area contributed by atoms with Gasteiger partial charge in [-0.05, 0) is 12.1 Å². The number of halogens is 1. The molecule has 0 aliphatic carbocycles. The Morgan fingerprint density at radius 1 is 1.50 bits per heavy atom. The fourth-order valence-electron chi connectivity index (χ4n) is 1.09. The Bertz CT molecular complexity index is 470. The minimum absolute atomic E-state index is 0.0616. The molecule has 1 aromatic heterocycles. The summed E-state index contributed by atoms with van der Waals surface area (Å²) < 4.78 is 8.14. The third-order valence-electron chi connectivity index (χ3n) is 1.68. The summed E-state index contributed by atoms with van der Waals surface area (Å²) in [7, 11) is 0. The van der Waals surface area contributed by atoms with Crippen LogP contribution in [0, 0.1) is 0 Å². The molecule has 2 aromatic rings. The number of rotatable bonds is 2. The number of hydrogen-bond donors (Lipinski definition) is 1. The van der Waals surface area contributed by atoms with Crippen molar-refractivity contribution in [3.63, 3.8) is 0 Å². The van der Waals surface area contributed by atoms with Crippen molar-refractivity contribution in [2.75, 3.05) is 11.2 Å². The van der Waals surface area contributed by atoms with E-state index in [9.17, 15) is 4.79 Å². The molecule has 1 heterocycles. The summed E-state index contributed by atoms with van der Waals surface area (Å²) in [4.78, 5) is 11.1. The zero-order valence-electron chi connectivity index (χ0n) is 7.03. The predicted molar refractivity (Wildman–Crippen MR) is 56.8 cm³/mol. The van der Waals surface area contributed by atoms with Crippen molar-refractivity contribution in [3.8, 4) is 0 Å². The summed E-state index contributed by atoms with van der Waals surface area (Å²) in [5.41, 5.74) is 2.14. The minimum atomic E-state index is -0.243. The first-order valence-electron chi connectivity index (χ1n) is 3.88. The van der Waals surface area contributed by atoms with E-state index in [0.717, 1.165) is 17.2 Å². The normalized spacial score (nSPS) is 10.4. The summed E-state index contributed by atoms with van der Waals surface area (Å²) in [5, 5.41) is 2.65. The van der Waals surface area contributed by atoms with Gasteiger partial charge in [-0.1, -0.05) is 6.07 Å². The zero-order valence-corrected chi connectivity index (χ0v) is 8.60. The highest BCUT2D eigenvalue weighted by molar-refractivity contribution is 7.00. The van der Waals surface area contributed by atoms with Gasteiger partial charge in [0.05, 0.1) is 17.4 Å². The molecule has 14 heavy (non-hydrogen) atoms. The Labute approximate surface area is 89.2 Å². The Morgan fingerprint density at radius 3 is 3.14 bits per heavy atom. The molecule has 0 aliphatic heterocycles. The zero-order chi connectivity index (χ0) is 9.97. The standard InChI is InChI=1S/C8H6ClN3OS/c9-4-7(13)10-5-2-1-3-6-8(5)12-14-11-6/h1-3H,4H2,(H,10,13). The van der Waals surface area contributed by atoms with Gasteiger partial charge in [0.25, 0.3) is 0 Å². The fourth-order valence-corrected chi connectivity index (χ4v) is 1.71. The van der Waals surface area contributed by atoms with Crippen LogP contribution in [-0.4, -0.2) is 20.5 Å². The molecule has 1 amide bonds. The minimum Gasteiger partial charge on any atom is -0.323 e. The van der Waals surface area contributed by atoms with E-state index >= 15 is 0 Å². The number of nitrogens with one attached hydrogen (secondary N) is 1. The van der Waals surface area contributed by atoms with Crippen molar-refractivity contribution in [1.29, 1.82) is 0 Å². The van der Waals surface area contributed by atoms with E-state index in [1.807, 2.05) is 12.1 Å². The maximum absolute atomic E-state index is 11.1. The number of carbonyl (C=O) groups excluding carboxylic acids is 1. The molecular weight excluding hydrogens is 222 g/mol. The molecule has 0 saturated heterocycles. The molecular formula is C8H6ClN3OS. The summed E-state index contributed by atoms with van der Waals surface area (Å²) >= 11 is 6.50. The third kappa shape index (κ3) is 1.69. The van der Waals surface area contributed by atoms with Gasteiger partial charge in [0, 0.05) is 0 Å². The van der Waals surface area contributed by atoms with E-state index in [2.05, 4.69) is 14.1 Å². The van der Waals surface area contributed by atoms with Crippen LogP contribution in [0.25, 0.3) is 11.0 Å². The van der Waals surface area contributed by atoms with Crippen molar-refractivity contribution in [2.24, 2.45) is 0 Å². The number of amides is 1. The molecule has 0 atom stereocenters. The van der Waals surface area contributed by atoms with Gasteiger partial charge >= 0.3 is 0 Å². The maximum Gasteiger partial charge on any atom is 0.239 e. The van der Waals surface area contributed by atoms with Gasteiger partial charge in [-0.15, -0.1) is 11.6 Å². The van der Waals surface area contributed by atoms with E-state index in [1.54, 1.807) is 6.07 Å². The summed E-state index contributed by atoms with van der Waals surface area (Å²) in [5.74, 6) is -0.305. The number of anilines is 1. The van der Waals surface area contributed by atoms with Crippen LogP contribution in [0.2, 0.25) is 0 Å². The lowest BCUT2D eigenvalue weighted by Crippen LogP contribution is -2.12. The molecule has 0 aliphatic rings. The second-order valence-electron chi connectivity index (χ2n) is 2.62. The molecule has 0 unspecified atom stereocenters. The molecule has 1 aromatic carbocycles. The van der Waals surface area contributed by atoms with Crippen LogP contribution in [0.1, 0.15) is 0 Å². The first-order chi connectivity index (χ1) is 6.81. The second kappa shape index (κ2) is 3.89. The number of fused-ring (bicyclic) bond motifs is 1. The van der Waals surface area contributed by atoms with Gasteiger partial charge < -0.3 is 5.32 Å². The summed E-state index contributed by atoms with van der Waals surface area (Å²) in [6.07, 6.45) is 0. The largest absolute Gasteiger partial charge is 0.323 e. The highest BCUT2D eigenvalue weighted by atomic mass is 35.5. The highest BCUT2D eigenvalue weighted by Gasteiger charge is 2.06. The van der Waals surface area contributed by atoms with Crippen molar-refractivity contribution in [3.05, 3.63) is 18.2 Å². The monoisotopic (exact) mass is 227 g/mol. The molecule has 2 rings (SSSR count). The van der Waals surface area contributed by atoms with Crippen LogP contribution in [0.15, 0.2) is 18.2 Å². The van der Waals surface area contributed by atoms with Crippen LogP contribution in [0.4, 0.5) is 5.69 Å². The SMILES string of the molecule is O=C(CCl)Nc1cccc2nsnc12. The molecule has 0 spiro atoms. The Morgan fingerprint density at radius 2 is 2.36 bits per heavy atom. The number of benzene rings is 1. The van der Waals surface area contributed by atoms with E-state index in [0.29, 0.717) is 11.2 Å². The molecule has 72 valence electrons. The van der Waals surface area contributed by atoms with Gasteiger partial charge in [0.1, 0.15) is 16.9 Å². The van der Waals surface area contributed by atoms with Crippen molar-refractivity contribution >= 4 is 46.0 Å². The highest BCUT2D eigenvalue weighted by Crippen LogP contribution is 2.20. The third-order valence-corrected chi connectivity index (χ3v) is 2.47. The van der Waals surface area contributed by atoms with E-state index < -0.39 is 0 Å². The van der Waals surface area contributed by atoms with Crippen LogP contribution in [-0.2, 0) is 4.79 Å². The topological polar surface area (TPSA) is 54.9 Å². The van der Waals surface area contributed by atoms with Crippen molar-refractivity contribution in [2.45, 2.75) is 0 Å². The van der Waals surface area contributed by atoms with Gasteiger partial charge in [-0.25, -0.2) is 0 Å². The summed E-state index contributed by atoms with van der Waals surface area (Å²) in [6.45, 7) is 0. The van der Waals surface area contributed by atoms with Crippen LogP contribution in [0.5, 0.6) is 0 Å². The fraction of sp³-hybridized carbons (Fsp3) is 0.125. The summed E-state index contributed by atoms with van der Waals surface area (Å²) in [6, 6.07) is 5.43. The van der Waals surface area contributed by atoms with Gasteiger partial charge in [-0.2, -0.15) is 8.75 Å². The predicted octanol–water partition coefficient (Wildman–Crippen LogP) is 1.87. The van der Waals surface area contributed by atoms with Crippen LogP contribution in [0.3, 0.4) is 0 Å². The van der Waals surface area contributed by atoms with Gasteiger partial charge in [0.2, 0.25) is 5.91 Å². The molecule has 0 fully saturated rings. The number of hydrogen-bond acceptors (Lipinski definition) is 4. The number of carbonyl (C=O) groups is 1. The average molecular weight is 228 g/mol. The van der Waals surface area contributed by atoms with Crippen molar-refractivity contribution < 1.29 is 4.79 Å². The molecule has 6 heteroatoms. The van der Waals surface area contributed by atoms with Crippen LogP contribution < -0.4 is 5.32 Å². The van der Waals surface area contributed by atoms with E-state index in [-0.39, 0.29) is 11.8 Å². The molecule has 1 N–H and O–H groups in total.